The first-order valence-electron chi connectivity index (χ1n) is 9.24. The number of anilines is 1. The zero-order valence-electron chi connectivity index (χ0n) is 16.7. The third-order valence-corrected chi connectivity index (χ3v) is 4.79. The van der Waals surface area contributed by atoms with Crippen LogP contribution in [0.15, 0.2) is 54.6 Å². The summed E-state index contributed by atoms with van der Waals surface area (Å²) < 4.78 is 27.2. The van der Waals surface area contributed by atoms with Crippen molar-refractivity contribution in [2.75, 3.05) is 33.4 Å². The summed E-state index contributed by atoms with van der Waals surface area (Å²) in [7, 11) is 4.84. The molecule has 1 aliphatic heterocycles. The SMILES string of the molecule is COc1cc(-c2cccc(CNc3ccc4c(c3)OCO4)c2)cc(OC)c1OC. The molecule has 1 heterocycles. The normalized spacial score (nSPS) is 11.8. The fourth-order valence-corrected chi connectivity index (χ4v) is 3.32. The molecule has 4 rings (SSSR count). The average Bonchev–Trinajstić information content (AvgIpc) is 3.24. The minimum absolute atomic E-state index is 0.273. The summed E-state index contributed by atoms with van der Waals surface area (Å²) in [6.45, 7) is 0.952. The first-order valence-corrected chi connectivity index (χ1v) is 9.24. The van der Waals surface area contributed by atoms with Crippen molar-refractivity contribution in [1.29, 1.82) is 0 Å². The van der Waals surface area contributed by atoms with E-state index in [9.17, 15) is 0 Å². The van der Waals surface area contributed by atoms with E-state index in [0.717, 1.165) is 33.9 Å². The first-order chi connectivity index (χ1) is 14.2. The van der Waals surface area contributed by atoms with Crippen molar-refractivity contribution in [2.45, 2.75) is 6.54 Å². The number of hydrogen-bond donors (Lipinski definition) is 1. The molecular formula is C23H23NO5. The van der Waals surface area contributed by atoms with Gasteiger partial charge in [-0.25, -0.2) is 0 Å². The second kappa shape index (κ2) is 8.22. The molecule has 150 valence electrons. The fraction of sp³-hybridized carbons (Fsp3) is 0.217. The molecule has 0 radical (unpaired) electrons. The molecule has 0 fully saturated rings. The Morgan fingerprint density at radius 3 is 2.28 bits per heavy atom. The zero-order valence-corrected chi connectivity index (χ0v) is 16.7. The van der Waals surface area contributed by atoms with E-state index < -0.39 is 0 Å². The Bertz CT molecular complexity index is 993. The van der Waals surface area contributed by atoms with Gasteiger partial charge in [-0.15, -0.1) is 0 Å². The first kappa shape index (κ1) is 18.8. The van der Waals surface area contributed by atoms with Crippen LogP contribution >= 0.6 is 0 Å². The summed E-state index contributed by atoms with van der Waals surface area (Å²) >= 11 is 0. The van der Waals surface area contributed by atoms with Crippen molar-refractivity contribution in [3.8, 4) is 39.9 Å². The van der Waals surface area contributed by atoms with E-state index in [1.807, 2.05) is 36.4 Å². The molecule has 0 amide bonds. The second-order valence-electron chi connectivity index (χ2n) is 6.54. The van der Waals surface area contributed by atoms with E-state index in [2.05, 4.69) is 23.5 Å². The van der Waals surface area contributed by atoms with Gasteiger partial charge in [-0.2, -0.15) is 0 Å². The molecule has 0 saturated heterocycles. The van der Waals surface area contributed by atoms with Gasteiger partial charge in [-0.05, 0) is 47.0 Å². The van der Waals surface area contributed by atoms with Crippen LogP contribution in [0.3, 0.4) is 0 Å². The van der Waals surface area contributed by atoms with E-state index in [0.29, 0.717) is 23.8 Å². The second-order valence-corrected chi connectivity index (χ2v) is 6.54. The maximum absolute atomic E-state index is 5.47. The lowest BCUT2D eigenvalue weighted by Gasteiger charge is -2.15. The summed E-state index contributed by atoms with van der Waals surface area (Å²) in [6.07, 6.45) is 0. The molecule has 29 heavy (non-hydrogen) atoms. The predicted molar refractivity (Wildman–Crippen MR) is 111 cm³/mol. The average molecular weight is 393 g/mol. The lowest BCUT2D eigenvalue weighted by atomic mass is 10.0. The molecule has 6 heteroatoms. The van der Waals surface area contributed by atoms with Gasteiger partial charge >= 0.3 is 0 Å². The molecule has 1 aliphatic rings. The Morgan fingerprint density at radius 1 is 0.793 bits per heavy atom. The Morgan fingerprint density at radius 2 is 1.55 bits per heavy atom. The molecular weight excluding hydrogens is 370 g/mol. The monoisotopic (exact) mass is 393 g/mol. The van der Waals surface area contributed by atoms with Gasteiger partial charge in [-0.3, -0.25) is 0 Å². The summed E-state index contributed by atoms with van der Waals surface area (Å²) in [4.78, 5) is 0. The van der Waals surface area contributed by atoms with Crippen molar-refractivity contribution in [2.24, 2.45) is 0 Å². The van der Waals surface area contributed by atoms with Crippen LogP contribution in [-0.2, 0) is 6.54 Å². The number of methoxy groups -OCH3 is 3. The molecule has 0 spiro atoms. The Balaban J connectivity index is 1.56. The van der Waals surface area contributed by atoms with Crippen LogP contribution in [-0.4, -0.2) is 28.1 Å². The molecule has 6 nitrogen and oxygen atoms in total. The van der Waals surface area contributed by atoms with E-state index in [-0.39, 0.29) is 6.79 Å². The Labute approximate surface area is 169 Å². The largest absolute Gasteiger partial charge is 0.493 e. The predicted octanol–water partition coefficient (Wildman–Crippen LogP) is 4.72. The van der Waals surface area contributed by atoms with Crippen molar-refractivity contribution < 1.29 is 23.7 Å². The number of rotatable bonds is 7. The third-order valence-electron chi connectivity index (χ3n) is 4.79. The van der Waals surface area contributed by atoms with Crippen molar-refractivity contribution in [1.82, 2.24) is 0 Å². The summed E-state index contributed by atoms with van der Waals surface area (Å²) in [5.41, 5.74) is 4.18. The quantitative estimate of drug-likeness (QED) is 0.627. The smallest absolute Gasteiger partial charge is 0.231 e. The molecule has 3 aromatic carbocycles. The van der Waals surface area contributed by atoms with Crippen LogP contribution in [0.1, 0.15) is 5.56 Å². The van der Waals surface area contributed by atoms with Crippen LogP contribution in [0.4, 0.5) is 5.69 Å². The van der Waals surface area contributed by atoms with E-state index in [1.165, 1.54) is 0 Å². The van der Waals surface area contributed by atoms with Gasteiger partial charge in [0.2, 0.25) is 12.5 Å². The molecule has 0 atom stereocenters. The molecule has 1 N–H and O–H groups in total. The van der Waals surface area contributed by atoms with Crippen molar-refractivity contribution >= 4 is 5.69 Å². The van der Waals surface area contributed by atoms with Crippen LogP contribution in [0.2, 0.25) is 0 Å². The number of nitrogens with one attached hydrogen (secondary N) is 1. The molecule has 0 bridgehead atoms. The van der Waals surface area contributed by atoms with Crippen molar-refractivity contribution in [3.63, 3.8) is 0 Å². The van der Waals surface area contributed by atoms with Gasteiger partial charge < -0.3 is 29.0 Å². The van der Waals surface area contributed by atoms with Crippen molar-refractivity contribution in [3.05, 3.63) is 60.2 Å². The lowest BCUT2D eigenvalue weighted by Crippen LogP contribution is -2.00. The van der Waals surface area contributed by atoms with E-state index in [4.69, 9.17) is 23.7 Å². The van der Waals surface area contributed by atoms with Gasteiger partial charge in [0.1, 0.15) is 0 Å². The maximum Gasteiger partial charge on any atom is 0.231 e. The summed E-state index contributed by atoms with van der Waals surface area (Å²) in [6, 6.07) is 18.1. The topological polar surface area (TPSA) is 58.2 Å². The lowest BCUT2D eigenvalue weighted by molar-refractivity contribution is 0.174. The van der Waals surface area contributed by atoms with Crippen LogP contribution in [0.25, 0.3) is 11.1 Å². The van der Waals surface area contributed by atoms with Gasteiger partial charge in [0.25, 0.3) is 0 Å². The van der Waals surface area contributed by atoms with Gasteiger partial charge in [0.15, 0.2) is 23.0 Å². The zero-order chi connectivity index (χ0) is 20.2. The summed E-state index contributed by atoms with van der Waals surface area (Å²) in [5.74, 6) is 3.39. The number of hydrogen-bond acceptors (Lipinski definition) is 6. The Kier molecular flexibility index (Phi) is 5.33. The molecule has 0 aliphatic carbocycles. The highest BCUT2D eigenvalue weighted by Crippen LogP contribution is 2.41. The fourth-order valence-electron chi connectivity index (χ4n) is 3.32. The number of ether oxygens (including phenoxy) is 5. The number of benzene rings is 3. The minimum atomic E-state index is 0.273. The third kappa shape index (κ3) is 3.87. The maximum atomic E-state index is 5.47. The number of fused-ring (bicyclic) bond motifs is 1. The van der Waals surface area contributed by atoms with Gasteiger partial charge in [-0.1, -0.05) is 18.2 Å². The van der Waals surface area contributed by atoms with Gasteiger partial charge in [0, 0.05) is 18.3 Å². The summed E-state index contributed by atoms with van der Waals surface area (Å²) in [5, 5.41) is 3.43. The standard InChI is InChI=1S/C23H23NO5/c1-25-21-10-17(11-22(26-2)23(21)27-3)16-6-4-5-15(9-16)13-24-18-7-8-19-20(12-18)29-14-28-19/h4-12,24H,13-14H2,1-3H3. The molecule has 0 saturated carbocycles. The van der Waals surface area contributed by atoms with E-state index in [1.54, 1.807) is 21.3 Å². The highest BCUT2D eigenvalue weighted by molar-refractivity contribution is 5.71. The minimum Gasteiger partial charge on any atom is -0.493 e. The molecule has 3 aromatic rings. The molecule has 0 unspecified atom stereocenters. The Hall–Kier alpha value is -3.54. The van der Waals surface area contributed by atoms with E-state index >= 15 is 0 Å². The van der Waals surface area contributed by atoms with Crippen LogP contribution in [0.5, 0.6) is 28.7 Å². The molecule has 0 aromatic heterocycles. The van der Waals surface area contributed by atoms with Crippen LogP contribution in [0, 0.1) is 0 Å². The van der Waals surface area contributed by atoms with Gasteiger partial charge in [0.05, 0.1) is 21.3 Å². The highest BCUT2D eigenvalue weighted by Gasteiger charge is 2.15. The van der Waals surface area contributed by atoms with Crippen LogP contribution < -0.4 is 29.0 Å². The highest BCUT2D eigenvalue weighted by atomic mass is 16.7.